The molecular formula is C18H24N2O3. The highest BCUT2D eigenvalue weighted by molar-refractivity contribution is 5.51. The molecule has 0 saturated carbocycles. The van der Waals surface area contributed by atoms with Crippen molar-refractivity contribution >= 4 is 5.69 Å². The highest BCUT2D eigenvalue weighted by Gasteiger charge is 2.27. The van der Waals surface area contributed by atoms with Crippen molar-refractivity contribution in [3.63, 3.8) is 0 Å². The van der Waals surface area contributed by atoms with Crippen LogP contribution >= 0.6 is 0 Å². The minimum Gasteiger partial charge on any atom is -0.496 e. The molecule has 0 bridgehead atoms. The smallest absolute Gasteiger partial charge is 0.273 e. The van der Waals surface area contributed by atoms with Gasteiger partial charge in [0.05, 0.1) is 18.1 Å². The van der Waals surface area contributed by atoms with Crippen molar-refractivity contribution in [3.05, 3.63) is 56.9 Å². The van der Waals surface area contributed by atoms with Crippen molar-refractivity contribution in [2.75, 3.05) is 13.7 Å². The van der Waals surface area contributed by atoms with E-state index < -0.39 is 4.92 Å². The summed E-state index contributed by atoms with van der Waals surface area (Å²) in [5.74, 6) is 0.663. The van der Waals surface area contributed by atoms with Crippen molar-refractivity contribution in [2.45, 2.75) is 40.0 Å². The van der Waals surface area contributed by atoms with Crippen LogP contribution in [0.3, 0.4) is 0 Å². The largest absolute Gasteiger partial charge is 0.496 e. The lowest BCUT2D eigenvalue weighted by atomic mass is 9.84. The van der Waals surface area contributed by atoms with Crippen LogP contribution in [0.1, 0.15) is 45.6 Å². The highest BCUT2D eigenvalue weighted by atomic mass is 16.6. The Kier molecular flexibility index (Phi) is 5.08. The number of nitro benzene ring substituents is 1. The SMILES string of the molecule is CCC1=C(C)N(CC)C(C)=CC1c1ccc([N+](=O)[O-])cc1OC. The van der Waals surface area contributed by atoms with E-state index in [1.165, 1.54) is 23.0 Å². The Balaban J connectivity index is 2.56. The summed E-state index contributed by atoms with van der Waals surface area (Å²) in [5.41, 5.74) is 4.82. The van der Waals surface area contributed by atoms with E-state index in [0.29, 0.717) is 5.75 Å². The minimum atomic E-state index is -0.394. The van der Waals surface area contributed by atoms with Crippen LogP contribution in [0.5, 0.6) is 5.75 Å². The molecule has 1 aromatic rings. The lowest BCUT2D eigenvalue weighted by molar-refractivity contribution is -0.384. The highest BCUT2D eigenvalue weighted by Crippen LogP contribution is 2.42. The number of nitrogens with zero attached hydrogens (tertiary/aromatic N) is 2. The van der Waals surface area contributed by atoms with E-state index >= 15 is 0 Å². The zero-order chi connectivity index (χ0) is 17.1. The number of benzene rings is 1. The average Bonchev–Trinajstić information content (AvgIpc) is 2.54. The summed E-state index contributed by atoms with van der Waals surface area (Å²) >= 11 is 0. The Morgan fingerprint density at radius 1 is 1.30 bits per heavy atom. The topological polar surface area (TPSA) is 55.6 Å². The Hall–Kier alpha value is -2.30. The molecule has 1 aromatic carbocycles. The van der Waals surface area contributed by atoms with Crippen molar-refractivity contribution in [1.29, 1.82) is 0 Å². The van der Waals surface area contributed by atoms with E-state index in [9.17, 15) is 10.1 Å². The van der Waals surface area contributed by atoms with Crippen LogP contribution in [-0.4, -0.2) is 23.5 Å². The summed E-state index contributed by atoms with van der Waals surface area (Å²) in [4.78, 5) is 12.9. The van der Waals surface area contributed by atoms with Gasteiger partial charge in [0.1, 0.15) is 5.75 Å². The summed E-state index contributed by atoms with van der Waals surface area (Å²) in [6, 6.07) is 4.87. The first-order valence-corrected chi connectivity index (χ1v) is 7.92. The molecule has 0 radical (unpaired) electrons. The lowest BCUT2D eigenvalue weighted by Gasteiger charge is -2.35. The van der Waals surface area contributed by atoms with E-state index in [4.69, 9.17) is 4.74 Å². The zero-order valence-corrected chi connectivity index (χ0v) is 14.4. The third kappa shape index (κ3) is 3.09. The summed E-state index contributed by atoms with van der Waals surface area (Å²) in [7, 11) is 1.56. The first-order chi connectivity index (χ1) is 10.9. The Labute approximate surface area is 137 Å². The van der Waals surface area contributed by atoms with Gasteiger partial charge in [0.2, 0.25) is 0 Å². The summed E-state index contributed by atoms with van der Waals surface area (Å²) < 4.78 is 5.44. The lowest BCUT2D eigenvalue weighted by Crippen LogP contribution is -2.26. The molecule has 1 atom stereocenters. The summed E-state index contributed by atoms with van der Waals surface area (Å²) in [5, 5.41) is 11.0. The van der Waals surface area contributed by atoms with Gasteiger partial charge in [0, 0.05) is 35.5 Å². The van der Waals surface area contributed by atoms with Gasteiger partial charge in [-0.15, -0.1) is 0 Å². The fourth-order valence-corrected chi connectivity index (χ4v) is 3.40. The quantitative estimate of drug-likeness (QED) is 0.588. The second-order valence-electron chi connectivity index (χ2n) is 5.68. The average molecular weight is 316 g/mol. The van der Waals surface area contributed by atoms with Crippen molar-refractivity contribution < 1.29 is 9.66 Å². The molecule has 5 heteroatoms. The molecule has 1 unspecified atom stereocenters. The van der Waals surface area contributed by atoms with Gasteiger partial charge in [0.25, 0.3) is 5.69 Å². The number of ether oxygens (including phenoxy) is 1. The number of methoxy groups -OCH3 is 1. The second kappa shape index (κ2) is 6.86. The zero-order valence-electron chi connectivity index (χ0n) is 14.4. The fraction of sp³-hybridized carbons (Fsp3) is 0.444. The molecule has 23 heavy (non-hydrogen) atoms. The van der Waals surface area contributed by atoms with Crippen LogP contribution in [0, 0.1) is 10.1 Å². The van der Waals surface area contributed by atoms with Gasteiger partial charge in [-0.05, 0) is 38.8 Å². The molecule has 0 amide bonds. The third-order valence-corrected chi connectivity index (χ3v) is 4.54. The van der Waals surface area contributed by atoms with Crippen LogP contribution in [0.4, 0.5) is 5.69 Å². The fourth-order valence-electron chi connectivity index (χ4n) is 3.40. The van der Waals surface area contributed by atoms with Gasteiger partial charge in [-0.2, -0.15) is 0 Å². The van der Waals surface area contributed by atoms with Crippen molar-refractivity contribution in [3.8, 4) is 5.75 Å². The monoisotopic (exact) mass is 316 g/mol. The molecule has 1 heterocycles. The predicted octanol–water partition coefficient (Wildman–Crippen LogP) is 4.61. The van der Waals surface area contributed by atoms with Crippen LogP contribution < -0.4 is 4.74 Å². The number of nitro groups is 1. The van der Waals surface area contributed by atoms with Gasteiger partial charge in [-0.25, -0.2) is 0 Å². The molecular weight excluding hydrogens is 292 g/mol. The van der Waals surface area contributed by atoms with Crippen LogP contribution in [0.2, 0.25) is 0 Å². The van der Waals surface area contributed by atoms with Gasteiger partial charge in [-0.3, -0.25) is 10.1 Å². The van der Waals surface area contributed by atoms with E-state index in [1.54, 1.807) is 13.2 Å². The van der Waals surface area contributed by atoms with Crippen molar-refractivity contribution in [2.24, 2.45) is 0 Å². The maximum Gasteiger partial charge on any atom is 0.273 e. The molecule has 0 spiro atoms. The molecule has 0 N–H and O–H groups in total. The molecule has 0 aliphatic carbocycles. The number of rotatable bonds is 5. The normalized spacial score (nSPS) is 18.0. The van der Waals surface area contributed by atoms with Crippen LogP contribution in [-0.2, 0) is 0 Å². The van der Waals surface area contributed by atoms with Gasteiger partial charge in [0.15, 0.2) is 0 Å². The standard InChI is InChI=1S/C18H24N2O3/c1-6-15-13(4)19(7-2)12(3)10-17(15)16-9-8-14(20(21)22)11-18(16)23-5/h8-11,17H,6-7H2,1-5H3. The summed E-state index contributed by atoms with van der Waals surface area (Å²) in [6.07, 6.45) is 3.15. The molecule has 0 fully saturated rings. The first kappa shape index (κ1) is 17.1. The number of hydrogen-bond acceptors (Lipinski definition) is 4. The summed E-state index contributed by atoms with van der Waals surface area (Å²) in [6.45, 7) is 9.46. The predicted molar refractivity (Wildman–Crippen MR) is 91.5 cm³/mol. The Bertz CT molecular complexity index is 677. The number of allylic oxidation sites excluding steroid dienone is 4. The van der Waals surface area contributed by atoms with E-state index in [1.807, 2.05) is 6.07 Å². The molecule has 0 saturated heterocycles. The van der Waals surface area contributed by atoms with Gasteiger partial charge in [-0.1, -0.05) is 13.0 Å². The Morgan fingerprint density at radius 3 is 2.52 bits per heavy atom. The molecule has 2 rings (SSSR count). The van der Waals surface area contributed by atoms with E-state index in [2.05, 4.69) is 38.7 Å². The maximum absolute atomic E-state index is 11.0. The van der Waals surface area contributed by atoms with Crippen LogP contribution in [0.15, 0.2) is 41.2 Å². The van der Waals surface area contributed by atoms with Crippen LogP contribution in [0.25, 0.3) is 0 Å². The molecule has 5 nitrogen and oxygen atoms in total. The molecule has 0 aromatic heterocycles. The van der Waals surface area contributed by atoms with Crippen molar-refractivity contribution in [1.82, 2.24) is 4.90 Å². The second-order valence-corrected chi connectivity index (χ2v) is 5.68. The molecule has 124 valence electrons. The number of hydrogen-bond donors (Lipinski definition) is 0. The number of non-ortho nitro benzene ring substituents is 1. The molecule has 1 aliphatic rings. The van der Waals surface area contributed by atoms with Gasteiger partial charge >= 0.3 is 0 Å². The first-order valence-electron chi connectivity index (χ1n) is 7.92. The Morgan fingerprint density at radius 2 is 2.00 bits per heavy atom. The third-order valence-electron chi connectivity index (χ3n) is 4.54. The van der Waals surface area contributed by atoms with E-state index in [-0.39, 0.29) is 11.6 Å². The molecule has 1 aliphatic heterocycles. The van der Waals surface area contributed by atoms with Gasteiger partial charge < -0.3 is 9.64 Å². The minimum absolute atomic E-state index is 0.0519. The van der Waals surface area contributed by atoms with E-state index in [0.717, 1.165) is 18.5 Å². The maximum atomic E-state index is 11.0.